The Morgan fingerprint density at radius 3 is 2.71 bits per heavy atom. The Hall–Kier alpha value is -1.13. The first-order chi connectivity index (χ1) is 10.1. The fraction of sp³-hybridized carbons (Fsp3) is 0.647. The van der Waals surface area contributed by atoms with Crippen LogP contribution in [0.4, 0.5) is 10.1 Å². The van der Waals surface area contributed by atoms with Crippen LogP contribution in [0, 0.1) is 11.7 Å². The molecule has 0 bridgehead atoms. The molecule has 0 amide bonds. The van der Waals surface area contributed by atoms with Crippen molar-refractivity contribution in [3.63, 3.8) is 0 Å². The smallest absolute Gasteiger partial charge is 0.146 e. The number of ether oxygens (including phenoxy) is 1. The lowest BCUT2D eigenvalue weighted by molar-refractivity contribution is 0.204. The van der Waals surface area contributed by atoms with Crippen molar-refractivity contribution in [2.45, 2.75) is 39.3 Å². The minimum absolute atomic E-state index is 0.137. The second kappa shape index (κ2) is 7.76. The lowest BCUT2D eigenvalue weighted by atomic mass is 10.1. The Labute approximate surface area is 127 Å². The van der Waals surface area contributed by atoms with Gasteiger partial charge in [-0.15, -0.1) is 0 Å². The Morgan fingerprint density at radius 2 is 2.14 bits per heavy atom. The summed E-state index contributed by atoms with van der Waals surface area (Å²) in [5.74, 6) is 0.347. The fourth-order valence-electron chi connectivity index (χ4n) is 2.42. The molecule has 3 nitrogen and oxygen atoms in total. The van der Waals surface area contributed by atoms with Gasteiger partial charge in [-0.2, -0.15) is 0 Å². The van der Waals surface area contributed by atoms with Gasteiger partial charge in [0, 0.05) is 32.8 Å². The predicted molar refractivity (Wildman–Crippen MR) is 85.2 cm³/mol. The summed E-state index contributed by atoms with van der Waals surface area (Å²) in [5.41, 5.74) is 1.69. The summed E-state index contributed by atoms with van der Waals surface area (Å²) in [5, 5.41) is 3.42. The summed E-state index contributed by atoms with van der Waals surface area (Å²) in [4.78, 5) is 2.07. The molecule has 1 fully saturated rings. The fourth-order valence-corrected chi connectivity index (χ4v) is 2.42. The molecule has 1 N–H and O–H groups in total. The van der Waals surface area contributed by atoms with Gasteiger partial charge in [0.25, 0.3) is 0 Å². The molecule has 1 aromatic rings. The third-order valence-electron chi connectivity index (χ3n) is 3.68. The summed E-state index contributed by atoms with van der Waals surface area (Å²) in [6.07, 6.45) is 2.50. The van der Waals surface area contributed by atoms with Crippen LogP contribution in [0.1, 0.15) is 32.3 Å². The Kier molecular flexibility index (Phi) is 6.00. The zero-order valence-electron chi connectivity index (χ0n) is 13.4. The topological polar surface area (TPSA) is 24.5 Å². The van der Waals surface area contributed by atoms with Gasteiger partial charge in [0.2, 0.25) is 0 Å². The van der Waals surface area contributed by atoms with Crippen molar-refractivity contribution < 1.29 is 9.13 Å². The highest BCUT2D eigenvalue weighted by Gasteiger charge is 2.20. The number of benzene rings is 1. The molecular weight excluding hydrogens is 267 g/mol. The molecule has 21 heavy (non-hydrogen) atoms. The molecule has 0 spiro atoms. The Balaban J connectivity index is 2.03. The van der Waals surface area contributed by atoms with Crippen molar-refractivity contribution >= 4 is 5.69 Å². The minimum Gasteiger partial charge on any atom is -0.383 e. The van der Waals surface area contributed by atoms with Crippen molar-refractivity contribution in [2.24, 2.45) is 5.92 Å². The molecule has 0 atom stereocenters. The molecule has 0 aromatic heterocycles. The number of methoxy groups -OCH3 is 1. The van der Waals surface area contributed by atoms with Crippen LogP contribution in [0.2, 0.25) is 0 Å². The number of anilines is 1. The van der Waals surface area contributed by atoms with Crippen LogP contribution in [0.3, 0.4) is 0 Å². The zero-order chi connectivity index (χ0) is 15.2. The largest absolute Gasteiger partial charge is 0.383 e. The maximum Gasteiger partial charge on any atom is 0.146 e. The molecule has 0 saturated heterocycles. The highest BCUT2D eigenvalue weighted by atomic mass is 19.1. The first-order valence-corrected chi connectivity index (χ1v) is 7.86. The van der Waals surface area contributed by atoms with Gasteiger partial charge in [-0.1, -0.05) is 19.9 Å². The Morgan fingerprint density at radius 1 is 1.38 bits per heavy atom. The molecule has 1 saturated carbocycles. The van der Waals surface area contributed by atoms with Crippen LogP contribution < -0.4 is 10.2 Å². The number of hydrogen-bond donors (Lipinski definition) is 1. The lowest BCUT2D eigenvalue weighted by Crippen LogP contribution is -2.31. The van der Waals surface area contributed by atoms with Gasteiger partial charge in [-0.25, -0.2) is 4.39 Å². The molecule has 0 radical (unpaired) electrons. The first kappa shape index (κ1) is 16.2. The lowest BCUT2D eigenvalue weighted by Gasteiger charge is -2.27. The summed E-state index contributed by atoms with van der Waals surface area (Å²) < 4.78 is 19.5. The van der Waals surface area contributed by atoms with E-state index in [4.69, 9.17) is 4.74 Å². The van der Waals surface area contributed by atoms with Crippen LogP contribution in [-0.2, 0) is 11.3 Å². The normalized spacial score (nSPS) is 14.7. The van der Waals surface area contributed by atoms with Crippen LogP contribution in [0.15, 0.2) is 18.2 Å². The minimum atomic E-state index is -0.137. The van der Waals surface area contributed by atoms with Gasteiger partial charge >= 0.3 is 0 Å². The average Bonchev–Trinajstić information content (AvgIpc) is 3.25. The monoisotopic (exact) mass is 294 g/mol. The van der Waals surface area contributed by atoms with E-state index >= 15 is 0 Å². The maximum atomic E-state index is 14.4. The van der Waals surface area contributed by atoms with E-state index in [1.54, 1.807) is 13.2 Å². The molecule has 0 unspecified atom stereocenters. The number of halogens is 1. The molecular formula is C17H27FN2O. The SMILES string of the molecule is COCCN(CC(C)C)c1ccc(CNC2CC2)cc1F. The molecule has 1 aliphatic rings. The summed E-state index contributed by atoms with van der Waals surface area (Å²) in [7, 11) is 1.68. The van der Waals surface area contributed by atoms with Gasteiger partial charge in [0.05, 0.1) is 12.3 Å². The quantitative estimate of drug-likeness (QED) is 0.757. The van der Waals surface area contributed by atoms with Crippen molar-refractivity contribution in [1.29, 1.82) is 0 Å². The molecule has 0 aliphatic heterocycles. The summed E-state index contributed by atoms with van der Waals surface area (Å²) in [6.45, 7) is 7.20. The van der Waals surface area contributed by atoms with E-state index in [0.29, 0.717) is 30.8 Å². The number of nitrogens with one attached hydrogen (secondary N) is 1. The van der Waals surface area contributed by atoms with Gasteiger partial charge in [0.15, 0.2) is 0 Å². The molecule has 1 aliphatic carbocycles. The van der Waals surface area contributed by atoms with Crippen molar-refractivity contribution in [3.05, 3.63) is 29.6 Å². The van der Waals surface area contributed by atoms with Gasteiger partial charge in [0.1, 0.15) is 5.82 Å². The molecule has 0 heterocycles. The van der Waals surface area contributed by atoms with E-state index in [1.165, 1.54) is 12.8 Å². The van der Waals surface area contributed by atoms with E-state index < -0.39 is 0 Å². The molecule has 2 rings (SSSR count). The van der Waals surface area contributed by atoms with Gasteiger partial charge in [-0.3, -0.25) is 0 Å². The van der Waals surface area contributed by atoms with E-state index in [-0.39, 0.29) is 5.82 Å². The van der Waals surface area contributed by atoms with E-state index in [0.717, 1.165) is 18.7 Å². The number of hydrogen-bond acceptors (Lipinski definition) is 3. The molecule has 1 aromatic carbocycles. The second-order valence-electron chi connectivity index (χ2n) is 6.27. The van der Waals surface area contributed by atoms with Crippen LogP contribution >= 0.6 is 0 Å². The molecule has 118 valence electrons. The van der Waals surface area contributed by atoms with Crippen molar-refractivity contribution in [3.8, 4) is 0 Å². The second-order valence-corrected chi connectivity index (χ2v) is 6.27. The highest BCUT2D eigenvalue weighted by Crippen LogP contribution is 2.23. The highest BCUT2D eigenvalue weighted by molar-refractivity contribution is 5.49. The van der Waals surface area contributed by atoms with Crippen LogP contribution in [0.25, 0.3) is 0 Å². The van der Waals surface area contributed by atoms with Crippen molar-refractivity contribution in [1.82, 2.24) is 5.32 Å². The number of nitrogens with zero attached hydrogens (tertiary/aromatic N) is 1. The average molecular weight is 294 g/mol. The zero-order valence-corrected chi connectivity index (χ0v) is 13.4. The summed E-state index contributed by atoms with van der Waals surface area (Å²) in [6, 6.07) is 6.22. The van der Waals surface area contributed by atoms with Crippen molar-refractivity contribution in [2.75, 3.05) is 31.7 Å². The summed E-state index contributed by atoms with van der Waals surface area (Å²) >= 11 is 0. The number of rotatable bonds is 9. The maximum absolute atomic E-state index is 14.4. The third kappa shape index (κ3) is 5.29. The molecule has 4 heteroatoms. The standard InChI is InChI=1S/C17H27FN2O/c1-13(2)12-20(8-9-21-3)17-7-4-14(10-16(17)18)11-19-15-5-6-15/h4,7,10,13,15,19H,5-6,8-9,11-12H2,1-3H3. The van der Waals surface area contributed by atoms with Gasteiger partial charge in [-0.05, 0) is 36.5 Å². The van der Waals surface area contributed by atoms with Crippen LogP contribution in [0.5, 0.6) is 0 Å². The predicted octanol–water partition coefficient (Wildman–Crippen LogP) is 3.19. The van der Waals surface area contributed by atoms with E-state index in [2.05, 4.69) is 24.1 Å². The van der Waals surface area contributed by atoms with E-state index in [9.17, 15) is 4.39 Å². The van der Waals surface area contributed by atoms with E-state index in [1.807, 2.05) is 12.1 Å². The Bertz CT molecular complexity index is 446. The first-order valence-electron chi connectivity index (χ1n) is 7.86. The van der Waals surface area contributed by atoms with Crippen LogP contribution in [-0.4, -0.2) is 32.8 Å². The van der Waals surface area contributed by atoms with Gasteiger partial charge < -0.3 is 15.0 Å². The third-order valence-corrected chi connectivity index (χ3v) is 3.68.